The zero-order valence-corrected chi connectivity index (χ0v) is 14.6. The van der Waals surface area contributed by atoms with Crippen molar-refractivity contribution in [1.29, 1.82) is 0 Å². The van der Waals surface area contributed by atoms with Gasteiger partial charge >= 0.3 is 5.97 Å². The van der Waals surface area contributed by atoms with Crippen LogP contribution in [0.1, 0.15) is 77.6 Å². The molecule has 2 N–H and O–H groups in total. The quantitative estimate of drug-likeness (QED) is 0.388. The molecule has 1 saturated carbocycles. The predicted molar refractivity (Wildman–Crippen MR) is 95.4 cm³/mol. The number of aliphatic carboxylic acids is 1. The lowest BCUT2D eigenvalue weighted by Gasteiger charge is -2.17. The zero-order chi connectivity index (χ0) is 16.9. The van der Waals surface area contributed by atoms with Crippen molar-refractivity contribution >= 4 is 5.97 Å². The highest BCUT2D eigenvalue weighted by Crippen LogP contribution is 2.36. The van der Waals surface area contributed by atoms with Gasteiger partial charge in [-0.2, -0.15) is 0 Å². The standard InChI is InChI=1S/C20H34O3/c1-2-3-4-5-6-9-12-17-15-16-19(21)18(17)13-10-7-8-11-14-20(22)23/h7,9-10,12,17-19,21H,2-6,8,11,13-16H2,1H3,(H,22,23)/b10-7-,12-9+/t17-,18+,19-/m0/s1. The number of carboxylic acids is 1. The molecule has 0 aromatic heterocycles. The van der Waals surface area contributed by atoms with E-state index in [0.29, 0.717) is 18.3 Å². The van der Waals surface area contributed by atoms with Crippen LogP contribution in [0.4, 0.5) is 0 Å². The molecule has 23 heavy (non-hydrogen) atoms. The van der Waals surface area contributed by atoms with Crippen LogP contribution in [-0.4, -0.2) is 22.3 Å². The average Bonchev–Trinajstić information content (AvgIpc) is 2.86. The van der Waals surface area contributed by atoms with Gasteiger partial charge < -0.3 is 10.2 Å². The number of hydrogen-bond acceptors (Lipinski definition) is 2. The minimum atomic E-state index is -0.728. The van der Waals surface area contributed by atoms with E-state index in [0.717, 1.165) is 32.1 Å². The summed E-state index contributed by atoms with van der Waals surface area (Å²) in [4.78, 5) is 10.4. The first-order valence-electron chi connectivity index (χ1n) is 9.36. The van der Waals surface area contributed by atoms with Crippen LogP contribution in [-0.2, 0) is 4.79 Å². The van der Waals surface area contributed by atoms with E-state index in [4.69, 9.17) is 5.11 Å². The number of aliphatic hydroxyl groups is 1. The molecule has 1 aliphatic carbocycles. The summed E-state index contributed by atoms with van der Waals surface area (Å²) in [7, 11) is 0. The summed E-state index contributed by atoms with van der Waals surface area (Å²) in [6.07, 6.45) is 19.6. The number of allylic oxidation sites excluding steroid dienone is 4. The van der Waals surface area contributed by atoms with Crippen LogP contribution in [0.25, 0.3) is 0 Å². The molecule has 1 fully saturated rings. The molecular weight excluding hydrogens is 288 g/mol. The monoisotopic (exact) mass is 322 g/mol. The van der Waals surface area contributed by atoms with Gasteiger partial charge in [0.25, 0.3) is 0 Å². The third-order valence-electron chi connectivity index (χ3n) is 4.78. The Labute approximate surface area is 141 Å². The van der Waals surface area contributed by atoms with Crippen molar-refractivity contribution in [2.75, 3.05) is 0 Å². The molecule has 0 saturated heterocycles. The molecule has 3 nitrogen and oxygen atoms in total. The molecule has 0 aliphatic heterocycles. The third kappa shape index (κ3) is 8.95. The van der Waals surface area contributed by atoms with Crippen molar-refractivity contribution in [2.24, 2.45) is 11.8 Å². The van der Waals surface area contributed by atoms with E-state index in [1.54, 1.807) is 0 Å². The van der Waals surface area contributed by atoms with Crippen LogP contribution >= 0.6 is 0 Å². The van der Waals surface area contributed by atoms with Crippen LogP contribution < -0.4 is 0 Å². The molecular formula is C20H34O3. The number of hydrogen-bond donors (Lipinski definition) is 2. The molecule has 0 amide bonds. The minimum absolute atomic E-state index is 0.187. The van der Waals surface area contributed by atoms with Crippen LogP contribution in [0.2, 0.25) is 0 Å². The first-order chi connectivity index (χ1) is 11.1. The van der Waals surface area contributed by atoms with Gasteiger partial charge in [-0.1, -0.05) is 50.5 Å². The number of aliphatic hydroxyl groups excluding tert-OH is 1. The van der Waals surface area contributed by atoms with E-state index in [2.05, 4.69) is 31.2 Å². The summed E-state index contributed by atoms with van der Waals surface area (Å²) < 4.78 is 0. The van der Waals surface area contributed by atoms with Gasteiger partial charge in [-0.05, 0) is 56.8 Å². The van der Waals surface area contributed by atoms with Crippen molar-refractivity contribution in [3.05, 3.63) is 24.3 Å². The summed E-state index contributed by atoms with van der Waals surface area (Å²) in [6.45, 7) is 2.23. The lowest BCUT2D eigenvalue weighted by Crippen LogP contribution is -2.17. The third-order valence-corrected chi connectivity index (χ3v) is 4.78. The van der Waals surface area contributed by atoms with Crippen molar-refractivity contribution in [3.8, 4) is 0 Å². The second-order valence-electron chi connectivity index (χ2n) is 6.74. The summed E-state index contributed by atoms with van der Waals surface area (Å²) in [6, 6.07) is 0. The largest absolute Gasteiger partial charge is 0.481 e. The van der Waals surface area contributed by atoms with Crippen molar-refractivity contribution in [1.82, 2.24) is 0 Å². The van der Waals surface area contributed by atoms with Crippen molar-refractivity contribution in [3.63, 3.8) is 0 Å². The zero-order valence-electron chi connectivity index (χ0n) is 14.6. The molecule has 0 spiro atoms. The molecule has 0 aromatic rings. The Bertz CT molecular complexity index is 373. The first-order valence-corrected chi connectivity index (χ1v) is 9.36. The molecule has 3 heteroatoms. The smallest absolute Gasteiger partial charge is 0.303 e. The Morgan fingerprint density at radius 2 is 1.83 bits per heavy atom. The lowest BCUT2D eigenvalue weighted by molar-refractivity contribution is -0.137. The van der Waals surface area contributed by atoms with E-state index in [1.165, 1.54) is 25.7 Å². The highest BCUT2D eigenvalue weighted by molar-refractivity contribution is 5.66. The molecule has 3 atom stereocenters. The number of unbranched alkanes of at least 4 members (excludes halogenated alkanes) is 5. The van der Waals surface area contributed by atoms with Gasteiger partial charge in [0.15, 0.2) is 0 Å². The summed E-state index contributed by atoms with van der Waals surface area (Å²) in [5.74, 6) is 0.103. The van der Waals surface area contributed by atoms with Crippen LogP contribution in [0.5, 0.6) is 0 Å². The lowest BCUT2D eigenvalue weighted by atomic mass is 9.90. The van der Waals surface area contributed by atoms with Crippen LogP contribution in [0.15, 0.2) is 24.3 Å². The number of carbonyl (C=O) groups is 1. The Morgan fingerprint density at radius 1 is 1.04 bits per heavy atom. The molecule has 132 valence electrons. The minimum Gasteiger partial charge on any atom is -0.481 e. The van der Waals surface area contributed by atoms with Crippen LogP contribution in [0.3, 0.4) is 0 Å². The van der Waals surface area contributed by atoms with Gasteiger partial charge in [-0.15, -0.1) is 0 Å². The molecule has 0 heterocycles. The summed E-state index contributed by atoms with van der Waals surface area (Å²) in [5.41, 5.74) is 0. The highest BCUT2D eigenvalue weighted by atomic mass is 16.4. The van der Waals surface area contributed by atoms with E-state index in [-0.39, 0.29) is 12.5 Å². The average molecular weight is 322 g/mol. The van der Waals surface area contributed by atoms with Crippen LogP contribution in [0, 0.1) is 11.8 Å². The molecule has 0 aromatic carbocycles. The fourth-order valence-electron chi connectivity index (χ4n) is 3.35. The van der Waals surface area contributed by atoms with E-state index in [1.807, 2.05) is 0 Å². The maximum absolute atomic E-state index is 10.4. The molecule has 0 unspecified atom stereocenters. The Morgan fingerprint density at radius 3 is 2.57 bits per heavy atom. The molecule has 0 radical (unpaired) electrons. The number of rotatable bonds is 12. The predicted octanol–water partition coefficient (Wildman–Crippen LogP) is 5.10. The Hall–Kier alpha value is -1.09. The number of carboxylic acid groups (broad SMARTS) is 1. The normalized spacial score (nSPS) is 24.9. The second kappa shape index (κ2) is 12.3. The van der Waals surface area contributed by atoms with E-state index in [9.17, 15) is 9.90 Å². The maximum Gasteiger partial charge on any atom is 0.303 e. The summed E-state index contributed by atoms with van der Waals surface area (Å²) in [5, 5.41) is 18.8. The SMILES string of the molecule is CCCCCC/C=C/[C@H]1CC[C@H](O)[C@@H]1C/C=C\CCCC(=O)O. The van der Waals surface area contributed by atoms with Gasteiger partial charge in [0.2, 0.25) is 0 Å². The molecule has 1 rings (SSSR count). The molecule has 1 aliphatic rings. The van der Waals surface area contributed by atoms with Gasteiger partial charge in [0.05, 0.1) is 6.10 Å². The van der Waals surface area contributed by atoms with Gasteiger partial charge in [0, 0.05) is 6.42 Å². The fourth-order valence-corrected chi connectivity index (χ4v) is 3.35. The topological polar surface area (TPSA) is 57.5 Å². The van der Waals surface area contributed by atoms with Gasteiger partial charge in [0.1, 0.15) is 0 Å². The fraction of sp³-hybridized carbons (Fsp3) is 0.750. The van der Waals surface area contributed by atoms with E-state index >= 15 is 0 Å². The second-order valence-corrected chi connectivity index (χ2v) is 6.74. The van der Waals surface area contributed by atoms with Crippen molar-refractivity contribution in [2.45, 2.75) is 83.7 Å². The Balaban J connectivity index is 2.26. The molecule has 0 bridgehead atoms. The van der Waals surface area contributed by atoms with E-state index < -0.39 is 5.97 Å². The highest BCUT2D eigenvalue weighted by Gasteiger charge is 2.32. The Kier molecular flexibility index (Phi) is 10.7. The van der Waals surface area contributed by atoms with Gasteiger partial charge in [-0.25, -0.2) is 0 Å². The van der Waals surface area contributed by atoms with Crippen molar-refractivity contribution < 1.29 is 15.0 Å². The maximum atomic E-state index is 10.4. The summed E-state index contributed by atoms with van der Waals surface area (Å²) >= 11 is 0. The first kappa shape index (κ1) is 20.0. The van der Waals surface area contributed by atoms with Gasteiger partial charge in [-0.3, -0.25) is 4.79 Å².